The molecule has 13 N–H and O–H groups in total. The van der Waals surface area contributed by atoms with Gasteiger partial charge in [0.2, 0.25) is 17.7 Å². The van der Waals surface area contributed by atoms with Crippen molar-refractivity contribution in [2.45, 2.75) is 89.0 Å². The summed E-state index contributed by atoms with van der Waals surface area (Å²) >= 11 is 0. The number of H-pyrrole nitrogens is 3. The van der Waals surface area contributed by atoms with Crippen LogP contribution in [0.5, 0.6) is 0 Å². The molecule has 0 unspecified atom stereocenters. The lowest BCUT2D eigenvalue weighted by molar-refractivity contribution is -0.144. The molecule has 1 fully saturated rings. The second-order valence-electron chi connectivity index (χ2n) is 15.4. The van der Waals surface area contributed by atoms with E-state index in [4.69, 9.17) is 17.2 Å². The molecule has 1 aliphatic heterocycles. The number of nitrogens with two attached hydrogens (primary N) is 3. The number of hydrogen-bond acceptors (Lipinski definition) is 9. The summed E-state index contributed by atoms with van der Waals surface area (Å²) in [4.78, 5) is 83.2. The van der Waals surface area contributed by atoms with Crippen molar-refractivity contribution in [3.8, 4) is 0 Å². The first-order chi connectivity index (χ1) is 29.5. The number of hydrogen-bond donors (Lipinski definition) is 10. The van der Waals surface area contributed by atoms with Crippen molar-refractivity contribution in [3.63, 3.8) is 0 Å². The second-order valence-corrected chi connectivity index (χ2v) is 15.4. The molecule has 6 rings (SSSR count). The minimum absolute atomic E-state index is 0.0852. The molecule has 4 heterocycles. The molecule has 0 spiro atoms. The van der Waals surface area contributed by atoms with Gasteiger partial charge in [-0.1, -0.05) is 42.5 Å². The summed E-state index contributed by atoms with van der Waals surface area (Å²) in [6.45, 7) is 4.33. The van der Waals surface area contributed by atoms with Crippen LogP contribution in [0.15, 0.2) is 85.2 Å². The molecule has 61 heavy (non-hydrogen) atoms. The smallest absolute Gasteiger partial charge is 0.336 e. The van der Waals surface area contributed by atoms with E-state index in [1.165, 1.54) is 23.3 Å². The molecule has 3 aromatic heterocycles. The van der Waals surface area contributed by atoms with E-state index in [-0.39, 0.29) is 32.4 Å². The first-order valence-corrected chi connectivity index (χ1v) is 20.7. The number of nitrogens with one attached hydrogen (secondary N) is 7. The van der Waals surface area contributed by atoms with Gasteiger partial charge in [0.05, 0.1) is 18.4 Å². The minimum Gasteiger partial charge on any atom is -0.401 e. The molecule has 324 valence electrons. The predicted molar refractivity (Wildman–Crippen MR) is 232 cm³/mol. The zero-order valence-electron chi connectivity index (χ0n) is 34.6. The van der Waals surface area contributed by atoms with Gasteiger partial charge in [0.25, 0.3) is 5.91 Å². The summed E-state index contributed by atoms with van der Waals surface area (Å²) in [6.07, 6.45) is 11.3. The van der Waals surface area contributed by atoms with Crippen LogP contribution in [-0.4, -0.2) is 109 Å². The number of carbonyl (C=O) groups excluding carboxylic acids is 5. The van der Waals surface area contributed by atoms with Crippen molar-refractivity contribution in [3.05, 3.63) is 102 Å². The molecule has 5 atom stereocenters. The number of hydrazine groups is 1. The molecule has 18 heteroatoms. The number of allylic oxidation sites excluding steroid dienone is 1. The maximum absolute atomic E-state index is 14.6. The topological polar surface area (TPSA) is 278 Å². The molecule has 2 aromatic carbocycles. The number of unbranched alkanes of at least 4 members (excludes halogenated alkanes) is 1. The van der Waals surface area contributed by atoms with E-state index in [9.17, 15) is 24.0 Å². The van der Waals surface area contributed by atoms with Gasteiger partial charge in [-0.2, -0.15) is 0 Å². The maximum atomic E-state index is 14.6. The van der Waals surface area contributed by atoms with Crippen LogP contribution < -0.4 is 38.5 Å². The number of amides is 6. The minimum atomic E-state index is -1.15. The monoisotopic (exact) mass is 835 g/mol. The highest BCUT2D eigenvalue weighted by Crippen LogP contribution is 2.22. The average Bonchev–Trinajstić information content (AvgIpc) is 4.11. The van der Waals surface area contributed by atoms with E-state index in [1.807, 2.05) is 48.5 Å². The lowest BCUT2D eigenvalue weighted by atomic mass is 10.0. The molecular weight excluding hydrogens is 779 g/mol. The molecule has 1 saturated heterocycles. The zero-order valence-corrected chi connectivity index (χ0v) is 34.6. The van der Waals surface area contributed by atoms with E-state index in [2.05, 4.69) is 41.2 Å². The highest BCUT2D eigenvalue weighted by molar-refractivity contribution is 5.96. The number of benzene rings is 2. The van der Waals surface area contributed by atoms with Crippen molar-refractivity contribution >= 4 is 51.5 Å². The quantitative estimate of drug-likeness (QED) is 0.0542. The highest BCUT2D eigenvalue weighted by atomic mass is 16.2. The molecular formula is C43H57N13O5. The Bertz CT molecular complexity index is 2320. The van der Waals surface area contributed by atoms with Crippen molar-refractivity contribution < 1.29 is 24.0 Å². The Morgan fingerprint density at radius 2 is 1.39 bits per heavy atom. The number of rotatable bonds is 19. The Kier molecular flexibility index (Phi) is 14.8. The number of nitrogens with zero attached hydrogens (tertiary/aromatic N) is 3. The van der Waals surface area contributed by atoms with Crippen molar-refractivity contribution in [1.82, 2.24) is 51.2 Å². The van der Waals surface area contributed by atoms with Crippen molar-refractivity contribution in [2.75, 3.05) is 19.6 Å². The summed E-state index contributed by atoms with van der Waals surface area (Å²) < 4.78 is 0. The Balaban J connectivity index is 1.19. The van der Waals surface area contributed by atoms with E-state index in [0.29, 0.717) is 30.8 Å². The summed E-state index contributed by atoms with van der Waals surface area (Å²) in [5.74, 6) is -2.33. The third kappa shape index (κ3) is 10.9. The van der Waals surface area contributed by atoms with Gasteiger partial charge in [0.1, 0.15) is 18.1 Å². The SMILES string of the molecule is CC=C(N)[C@H](CCCCN)NC(=O)N1CCCN1C(=O)[C@H](Cc1c[nH]c2ccccc12)NC(=O)[C@H](C)NC(=O)[C@@H](Cc1c[nH]c2ccccc12)NC(=O)[C@@H](N)Cc1cnc[nH]1. The van der Waals surface area contributed by atoms with Crippen LogP contribution in [0.2, 0.25) is 0 Å². The fraction of sp³-hybridized carbons (Fsp3) is 0.395. The molecule has 6 amide bonds. The largest absolute Gasteiger partial charge is 0.401 e. The van der Waals surface area contributed by atoms with Crippen LogP contribution >= 0.6 is 0 Å². The van der Waals surface area contributed by atoms with Gasteiger partial charge in [-0.05, 0) is 69.3 Å². The third-order valence-corrected chi connectivity index (χ3v) is 11.0. The predicted octanol–water partition coefficient (Wildman–Crippen LogP) is 1.72. The molecule has 5 aromatic rings. The third-order valence-electron chi connectivity index (χ3n) is 11.0. The second kappa shape index (κ2) is 20.5. The Morgan fingerprint density at radius 1 is 0.770 bits per heavy atom. The average molecular weight is 836 g/mol. The van der Waals surface area contributed by atoms with Gasteiger partial charge < -0.3 is 53.4 Å². The van der Waals surface area contributed by atoms with Gasteiger partial charge in [0, 0.05) is 84.1 Å². The fourth-order valence-corrected chi connectivity index (χ4v) is 7.60. The van der Waals surface area contributed by atoms with Gasteiger partial charge in [0.15, 0.2) is 0 Å². The lowest BCUT2D eigenvalue weighted by Gasteiger charge is -2.33. The number of urea groups is 1. The molecule has 0 saturated carbocycles. The Morgan fingerprint density at radius 3 is 2.02 bits per heavy atom. The fourth-order valence-electron chi connectivity index (χ4n) is 7.60. The number of imidazole rings is 1. The zero-order chi connectivity index (χ0) is 43.5. The normalized spacial score (nSPS) is 15.6. The van der Waals surface area contributed by atoms with Crippen LogP contribution in [0.1, 0.15) is 56.4 Å². The van der Waals surface area contributed by atoms with Crippen molar-refractivity contribution in [1.29, 1.82) is 0 Å². The number of aromatic nitrogens is 4. The summed E-state index contributed by atoms with van der Waals surface area (Å²) in [5, 5.41) is 15.9. The van der Waals surface area contributed by atoms with E-state index < -0.39 is 59.9 Å². The maximum Gasteiger partial charge on any atom is 0.336 e. The number of fused-ring (bicyclic) bond motifs is 2. The number of para-hydroxylation sites is 2. The van der Waals surface area contributed by atoms with E-state index in [1.54, 1.807) is 31.6 Å². The van der Waals surface area contributed by atoms with E-state index >= 15 is 0 Å². The standard InChI is InChI=1S/C43H57N13O5/c1-3-32(45)36(15-8-9-16-44)54-43(61)56-18-10-17-55(56)42(60)38(20-28-23-49-35-14-7-5-12-31(28)35)53-39(57)26(2)51-41(59)37(19-27-22-48-34-13-6-4-11-30(27)34)52-40(58)33(46)21-29-24-47-25-50-29/h3-7,11-14,22-26,33,36-38,48-49H,8-10,15-21,44-46H2,1-2H3,(H,47,50)(H,51,59)(H,52,58)(H,53,57)(H,54,61)/t26-,33-,36-,37+,38-/m0/s1. The summed E-state index contributed by atoms with van der Waals surface area (Å²) in [7, 11) is 0. The van der Waals surface area contributed by atoms with Gasteiger partial charge in [-0.25, -0.2) is 19.8 Å². The van der Waals surface area contributed by atoms with Gasteiger partial charge in [-0.15, -0.1) is 0 Å². The first kappa shape index (κ1) is 43.9. The van der Waals surface area contributed by atoms with Crippen LogP contribution in [-0.2, 0) is 38.4 Å². The van der Waals surface area contributed by atoms with Crippen molar-refractivity contribution in [2.24, 2.45) is 17.2 Å². The van der Waals surface area contributed by atoms with Crippen LogP contribution in [0.25, 0.3) is 21.8 Å². The highest BCUT2D eigenvalue weighted by Gasteiger charge is 2.37. The molecule has 0 radical (unpaired) electrons. The molecule has 0 bridgehead atoms. The van der Waals surface area contributed by atoms with Crippen LogP contribution in [0.4, 0.5) is 4.79 Å². The summed E-state index contributed by atoms with van der Waals surface area (Å²) in [6, 6.07) is 9.84. The molecule has 1 aliphatic rings. The van der Waals surface area contributed by atoms with Crippen LogP contribution in [0, 0.1) is 0 Å². The Hall–Kier alpha value is -6.66. The first-order valence-electron chi connectivity index (χ1n) is 20.7. The summed E-state index contributed by atoms with van der Waals surface area (Å²) in [5.41, 5.74) is 22.6. The molecule has 18 nitrogen and oxygen atoms in total. The van der Waals surface area contributed by atoms with Crippen LogP contribution in [0.3, 0.4) is 0 Å². The molecule has 0 aliphatic carbocycles. The Labute approximate surface area is 353 Å². The number of carbonyl (C=O) groups is 5. The lowest BCUT2D eigenvalue weighted by Crippen LogP contribution is -2.60. The van der Waals surface area contributed by atoms with E-state index in [0.717, 1.165) is 45.8 Å². The van der Waals surface area contributed by atoms with Gasteiger partial charge in [-0.3, -0.25) is 19.2 Å². The number of aromatic amines is 3. The van der Waals surface area contributed by atoms with Gasteiger partial charge >= 0.3 is 6.03 Å².